The van der Waals surface area contributed by atoms with Crippen LogP contribution in [0.1, 0.15) is 27.9 Å². The number of fused-ring (bicyclic) bond motifs is 1. The predicted molar refractivity (Wildman–Crippen MR) is 99.0 cm³/mol. The number of aromatic nitrogens is 1. The van der Waals surface area contributed by atoms with Crippen LogP contribution in [0.5, 0.6) is 11.5 Å². The summed E-state index contributed by atoms with van der Waals surface area (Å²) in [7, 11) is 1.64. The fourth-order valence-electron chi connectivity index (χ4n) is 2.90. The number of methoxy groups -OCH3 is 1. The number of ether oxygens (including phenoxy) is 2. The molecule has 2 N–H and O–H groups in total. The average Bonchev–Trinajstić information content (AvgIpc) is 2.99. The van der Waals surface area contributed by atoms with Gasteiger partial charge >= 0.3 is 0 Å². The summed E-state index contributed by atoms with van der Waals surface area (Å²) in [6.45, 7) is 5.79. The molecule has 2 aromatic rings. The van der Waals surface area contributed by atoms with E-state index in [0.717, 1.165) is 40.9 Å². The van der Waals surface area contributed by atoms with Gasteiger partial charge in [0, 0.05) is 19.0 Å². The molecule has 0 bridgehead atoms. The molecular formula is C18H23N3O3S. The highest BCUT2D eigenvalue weighted by Crippen LogP contribution is 2.35. The summed E-state index contributed by atoms with van der Waals surface area (Å²) in [5.41, 5.74) is 1.88. The first kappa shape index (κ1) is 17.5. The normalized spacial score (nSPS) is 15.9. The van der Waals surface area contributed by atoms with Crippen molar-refractivity contribution in [1.82, 2.24) is 10.3 Å². The maximum Gasteiger partial charge on any atom is 0.263 e. The van der Waals surface area contributed by atoms with E-state index in [1.54, 1.807) is 7.11 Å². The first-order valence-corrected chi connectivity index (χ1v) is 9.22. The predicted octanol–water partition coefficient (Wildman–Crippen LogP) is 2.87. The van der Waals surface area contributed by atoms with E-state index in [9.17, 15) is 4.79 Å². The Bertz CT molecular complexity index is 760. The highest BCUT2D eigenvalue weighted by Gasteiger charge is 2.24. The fourth-order valence-corrected chi connectivity index (χ4v) is 3.85. The Kier molecular flexibility index (Phi) is 5.43. The monoisotopic (exact) mass is 361 g/mol. The molecule has 1 aromatic carbocycles. The zero-order chi connectivity index (χ0) is 17.8. The number of benzene rings is 1. The lowest BCUT2D eigenvalue weighted by atomic mass is 9.96. The van der Waals surface area contributed by atoms with E-state index < -0.39 is 0 Å². The van der Waals surface area contributed by atoms with Crippen LogP contribution in [0.2, 0.25) is 0 Å². The fraction of sp³-hybridized carbons (Fsp3) is 0.444. The Balaban J connectivity index is 1.60. The van der Waals surface area contributed by atoms with Crippen molar-refractivity contribution in [3.8, 4) is 11.5 Å². The molecular weight excluding hydrogens is 338 g/mol. The summed E-state index contributed by atoms with van der Waals surface area (Å²) in [5.74, 6) is 1.75. The first-order valence-electron chi connectivity index (χ1n) is 8.40. The van der Waals surface area contributed by atoms with E-state index in [0.29, 0.717) is 18.0 Å². The maximum absolute atomic E-state index is 12.4. The Labute approximate surface area is 151 Å². The van der Waals surface area contributed by atoms with Crippen molar-refractivity contribution in [1.29, 1.82) is 0 Å². The molecule has 0 saturated heterocycles. The van der Waals surface area contributed by atoms with Gasteiger partial charge in [-0.05, 0) is 31.9 Å². The summed E-state index contributed by atoms with van der Waals surface area (Å²) < 4.78 is 11.2. The third kappa shape index (κ3) is 3.87. The standard InChI is InChI=1S/C18H23N3O3S/c1-4-19-18-21-11(2)16(25-18)17(22)20-9-12-8-13-6-5-7-14(23-3)15(13)24-10-12/h5-7,12H,4,8-10H2,1-3H3,(H,19,21)(H,20,22). The smallest absolute Gasteiger partial charge is 0.263 e. The van der Waals surface area contributed by atoms with Gasteiger partial charge in [-0.1, -0.05) is 23.5 Å². The molecule has 7 heteroatoms. The van der Waals surface area contributed by atoms with E-state index >= 15 is 0 Å². The molecule has 1 aliphatic rings. The largest absolute Gasteiger partial charge is 0.493 e. The molecule has 0 spiro atoms. The van der Waals surface area contributed by atoms with E-state index in [1.165, 1.54) is 11.3 Å². The molecule has 25 heavy (non-hydrogen) atoms. The average molecular weight is 361 g/mol. The van der Waals surface area contributed by atoms with Gasteiger partial charge in [-0.2, -0.15) is 0 Å². The minimum absolute atomic E-state index is 0.0735. The number of rotatable bonds is 6. The number of anilines is 1. The molecule has 0 fully saturated rings. The lowest BCUT2D eigenvalue weighted by molar-refractivity contribution is 0.0941. The van der Waals surface area contributed by atoms with E-state index in [1.807, 2.05) is 32.0 Å². The number of aryl methyl sites for hydroxylation is 1. The minimum Gasteiger partial charge on any atom is -0.493 e. The van der Waals surface area contributed by atoms with Gasteiger partial charge in [-0.15, -0.1) is 0 Å². The second-order valence-electron chi connectivity index (χ2n) is 6.00. The van der Waals surface area contributed by atoms with Gasteiger partial charge in [0.25, 0.3) is 5.91 Å². The molecule has 0 radical (unpaired) electrons. The zero-order valence-corrected chi connectivity index (χ0v) is 15.5. The number of hydrogen-bond donors (Lipinski definition) is 2. The molecule has 134 valence electrons. The molecule has 3 rings (SSSR count). The van der Waals surface area contributed by atoms with Gasteiger partial charge in [0.05, 0.1) is 19.4 Å². The number of nitrogens with zero attached hydrogens (tertiary/aromatic N) is 1. The van der Waals surface area contributed by atoms with Crippen molar-refractivity contribution < 1.29 is 14.3 Å². The van der Waals surface area contributed by atoms with Crippen LogP contribution in [0.3, 0.4) is 0 Å². The highest BCUT2D eigenvalue weighted by molar-refractivity contribution is 7.17. The summed E-state index contributed by atoms with van der Waals surface area (Å²) in [6.07, 6.45) is 0.858. The number of thiazole rings is 1. The van der Waals surface area contributed by atoms with Crippen LogP contribution in [0.15, 0.2) is 18.2 Å². The minimum atomic E-state index is -0.0735. The van der Waals surface area contributed by atoms with Crippen LogP contribution in [0.25, 0.3) is 0 Å². The third-order valence-electron chi connectivity index (χ3n) is 4.13. The summed E-state index contributed by atoms with van der Waals surface area (Å²) in [6, 6.07) is 5.90. The van der Waals surface area contributed by atoms with Crippen molar-refractivity contribution >= 4 is 22.4 Å². The summed E-state index contributed by atoms with van der Waals surface area (Å²) in [5, 5.41) is 6.95. The van der Waals surface area contributed by atoms with E-state index in [2.05, 4.69) is 15.6 Å². The van der Waals surface area contributed by atoms with Crippen molar-refractivity contribution in [3.63, 3.8) is 0 Å². The van der Waals surface area contributed by atoms with Gasteiger partial charge in [0.2, 0.25) is 0 Å². The second-order valence-corrected chi connectivity index (χ2v) is 7.00. The van der Waals surface area contributed by atoms with Gasteiger partial charge < -0.3 is 20.1 Å². The van der Waals surface area contributed by atoms with Crippen molar-refractivity contribution in [3.05, 3.63) is 34.3 Å². The molecule has 1 aromatic heterocycles. The summed E-state index contributed by atoms with van der Waals surface area (Å²) in [4.78, 5) is 17.5. The van der Waals surface area contributed by atoms with Crippen LogP contribution in [-0.2, 0) is 6.42 Å². The molecule has 1 atom stereocenters. The van der Waals surface area contributed by atoms with Crippen LogP contribution in [0, 0.1) is 12.8 Å². The first-order chi connectivity index (χ1) is 12.1. The number of carbonyl (C=O) groups is 1. The summed E-state index contributed by atoms with van der Waals surface area (Å²) >= 11 is 1.39. The molecule has 0 aliphatic carbocycles. The molecule has 1 amide bonds. The van der Waals surface area contributed by atoms with Gasteiger partial charge in [-0.3, -0.25) is 4.79 Å². The van der Waals surface area contributed by atoms with Crippen molar-refractivity contribution in [2.24, 2.45) is 5.92 Å². The number of amides is 1. The second kappa shape index (κ2) is 7.74. The van der Waals surface area contributed by atoms with Crippen LogP contribution < -0.4 is 20.1 Å². The number of nitrogens with one attached hydrogen (secondary N) is 2. The highest BCUT2D eigenvalue weighted by atomic mass is 32.1. The van der Waals surface area contributed by atoms with Gasteiger partial charge in [0.1, 0.15) is 4.88 Å². The Morgan fingerprint density at radius 3 is 3.08 bits per heavy atom. The molecule has 1 unspecified atom stereocenters. The van der Waals surface area contributed by atoms with Gasteiger partial charge in [0.15, 0.2) is 16.6 Å². The molecule has 1 aliphatic heterocycles. The van der Waals surface area contributed by atoms with Crippen molar-refractivity contribution in [2.45, 2.75) is 20.3 Å². The Hall–Kier alpha value is -2.28. The van der Waals surface area contributed by atoms with Crippen molar-refractivity contribution in [2.75, 3.05) is 32.1 Å². The van der Waals surface area contributed by atoms with Gasteiger partial charge in [-0.25, -0.2) is 4.98 Å². The lowest BCUT2D eigenvalue weighted by Crippen LogP contribution is -2.34. The molecule has 0 saturated carbocycles. The SMILES string of the molecule is CCNc1nc(C)c(C(=O)NCC2COc3c(cccc3OC)C2)s1. The van der Waals surface area contributed by atoms with E-state index in [4.69, 9.17) is 9.47 Å². The third-order valence-corrected chi connectivity index (χ3v) is 5.25. The zero-order valence-electron chi connectivity index (χ0n) is 14.7. The molecule has 6 nitrogen and oxygen atoms in total. The quantitative estimate of drug-likeness (QED) is 0.828. The number of hydrogen-bond acceptors (Lipinski definition) is 6. The number of para-hydroxylation sites is 1. The van der Waals surface area contributed by atoms with Crippen LogP contribution in [-0.4, -0.2) is 37.7 Å². The Morgan fingerprint density at radius 1 is 1.48 bits per heavy atom. The van der Waals surface area contributed by atoms with Crippen LogP contribution >= 0.6 is 11.3 Å². The maximum atomic E-state index is 12.4. The lowest BCUT2D eigenvalue weighted by Gasteiger charge is -2.26. The topological polar surface area (TPSA) is 72.5 Å². The number of carbonyl (C=O) groups excluding carboxylic acids is 1. The van der Waals surface area contributed by atoms with Crippen LogP contribution in [0.4, 0.5) is 5.13 Å². The van der Waals surface area contributed by atoms with E-state index in [-0.39, 0.29) is 11.8 Å². The Morgan fingerprint density at radius 2 is 2.32 bits per heavy atom. The molecule has 2 heterocycles.